The highest BCUT2D eigenvalue weighted by molar-refractivity contribution is 8.01. The second kappa shape index (κ2) is 5.49. The summed E-state index contributed by atoms with van der Waals surface area (Å²) in [5, 5.41) is 19.6. The molecule has 19 heavy (non-hydrogen) atoms. The van der Waals surface area contributed by atoms with Crippen LogP contribution in [0.4, 0.5) is 5.95 Å². The molecule has 0 saturated heterocycles. The Morgan fingerprint density at radius 2 is 2.37 bits per heavy atom. The van der Waals surface area contributed by atoms with Crippen molar-refractivity contribution in [3.8, 4) is 0 Å². The van der Waals surface area contributed by atoms with Crippen LogP contribution in [0, 0.1) is 0 Å². The van der Waals surface area contributed by atoms with Crippen molar-refractivity contribution in [2.75, 3.05) is 11.9 Å². The Balaban J connectivity index is 1.97. The Morgan fingerprint density at radius 1 is 1.42 bits per heavy atom. The Bertz CT molecular complexity index is 664. The Hall–Kier alpha value is -1.74. The fraction of sp³-hybridized carbons (Fsp3) is 0.300. The van der Waals surface area contributed by atoms with E-state index in [-0.39, 0.29) is 0 Å². The number of hydrogen-bond acceptors (Lipinski definition) is 8. The van der Waals surface area contributed by atoms with Gasteiger partial charge in [-0.25, -0.2) is 4.98 Å². The van der Waals surface area contributed by atoms with Gasteiger partial charge in [0.15, 0.2) is 9.99 Å². The molecule has 0 aliphatic rings. The zero-order valence-corrected chi connectivity index (χ0v) is 11.8. The summed E-state index contributed by atoms with van der Waals surface area (Å²) in [6.07, 6.45) is 2.74. The molecule has 2 N–H and O–H groups in total. The fourth-order valence-electron chi connectivity index (χ4n) is 1.49. The van der Waals surface area contributed by atoms with E-state index in [1.807, 2.05) is 0 Å². The smallest absolute Gasteiger partial charge is 0.225 e. The van der Waals surface area contributed by atoms with Gasteiger partial charge < -0.3 is 5.32 Å². The summed E-state index contributed by atoms with van der Waals surface area (Å²) in [5.41, 5.74) is 2.42. The third-order valence-corrected chi connectivity index (χ3v) is 4.11. The average Bonchev–Trinajstić information content (AvgIpc) is 3.06. The van der Waals surface area contributed by atoms with E-state index in [1.54, 1.807) is 11.7 Å². The molecule has 3 aromatic rings. The lowest BCUT2D eigenvalue weighted by molar-refractivity contribution is 0.942. The first-order valence-electron chi connectivity index (χ1n) is 5.76. The van der Waals surface area contributed by atoms with Crippen LogP contribution in [0.2, 0.25) is 0 Å². The molecular formula is C10H11N7S2. The van der Waals surface area contributed by atoms with Crippen LogP contribution >= 0.6 is 23.1 Å². The topological polar surface area (TPSA) is 92.3 Å². The van der Waals surface area contributed by atoms with Crippen molar-refractivity contribution in [2.45, 2.75) is 22.7 Å². The van der Waals surface area contributed by atoms with Gasteiger partial charge in [-0.1, -0.05) is 18.3 Å². The fourth-order valence-corrected chi connectivity index (χ4v) is 2.97. The third-order valence-electron chi connectivity index (χ3n) is 2.33. The summed E-state index contributed by atoms with van der Waals surface area (Å²) in [6.45, 7) is 2.93. The summed E-state index contributed by atoms with van der Waals surface area (Å²) in [7, 11) is 0. The minimum atomic E-state index is 0.602. The molecule has 0 spiro atoms. The number of H-pyrrole nitrogens is 1. The standard InChI is InChI=1S/C10H11N7S2/c1-2-3-11-9-14-7-6(4-12-16-7)8(15-9)19-10-17-13-5-18-10/h4-5H,2-3H2,1H3,(H2,11,12,14,15,16). The quantitative estimate of drug-likeness (QED) is 0.696. The second-order valence-corrected chi connectivity index (χ2v) is 5.79. The van der Waals surface area contributed by atoms with E-state index in [4.69, 9.17) is 0 Å². The van der Waals surface area contributed by atoms with E-state index in [9.17, 15) is 0 Å². The normalized spacial score (nSPS) is 11.0. The summed E-state index contributed by atoms with van der Waals surface area (Å²) in [5.74, 6) is 0.602. The Labute approximate surface area is 117 Å². The van der Waals surface area contributed by atoms with Crippen LogP contribution in [0.3, 0.4) is 0 Å². The van der Waals surface area contributed by atoms with E-state index in [1.165, 1.54) is 23.1 Å². The van der Waals surface area contributed by atoms with Gasteiger partial charge in [0, 0.05) is 6.54 Å². The number of nitrogens with zero attached hydrogens (tertiary/aromatic N) is 5. The number of anilines is 1. The van der Waals surface area contributed by atoms with Gasteiger partial charge in [-0.3, -0.25) is 5.10 Å². The molecule has 0 saturated carbocycles. The SMILES string of the molecule is CCCNc1nc(Sc2nncs2)c2cn[nH]c2n1. The molecule has 0 radical (unpaired) electrons. The molecule has 0 atom stereocenters. The zero-order chi connectivity index (χ0) is 13.1. The Morgan fingerprint density at radius 3 is 3.16 bits per heavy atom. The average molecular weight is 293 g/mol. The first kappa shape index (κ1) is 12.3. The predicted molar refractivity (Wildman–Crippen MR) is 74.5 cm³/mol. The number of aromatic nitrogens is 6. The molecule has 0 amide bonds. The predicted octanol–water partition coefficient (Wildman–Crippen LogP) is 2.18. The zero-order valence-electron chi connectivity index (χ0n) is 10.1. The van der Waals surface area contributed by atoms with Gasteiger partial charge in [-0.2, -0.15) is 10.1 Å². The van der Waals surface area contributed by atoms with Crippen molar-refractivity contribution in [3.05, 3.63) is 11.7 Å². The van der Waals surface area contributed by atoms with Gasteiger partial charge in [0.2, 0.25) is 5.95 Å². The molecule has 0 fully saturated rings. The summed E-state index contributed by atoms with van der Waals surface area (Å²) >= 11 is 2.95. The molecule has 3 rings (SSSR count). The lowest BCUT2D eigenvalue weighted by atomic mass is 10.4. The van der Waals surface area contributed by atoms with Gasteiger partial charge in [0.05, 0.1) is 11.6 Å². The van der Waals surface area contributed by atoms with E-state index in [2.05, 4.69) is 42.6 Å². The largest absolute Gasteiger partial charge is 0.354 e. The number of aromatic amines is 1. The molecule has 0 aromatic carbocycles. The lowest BCUT2D eigenvalue weighted by Crippen LogP contribution is -2.05. The van der Waals surface area contributed by atoms with E-state index < -0.39 is 0 Å². The lowest BCUT2D eigenvalue weighted by Gasteiger charge is -2.05. The third kappa shape index (κ3) is 2.66. The number of rotatable bonds is 5. The number of hydrogen-bond donors (Lipinski definition) is 2. The van der Waals surface area contributed by atoms with Crippen molar-refractivity contribution in [1.82, 2.24) is 30.4 Å². The van der Waals surface area contributed by atoms with Crippen LogP contribution in [0.15, 0.2) is 21.1 Å². The molecular weight excluding hydrogens is 282 g/mol. The molecule has 98 valence electrons. The van der Waals surface area contributed by atoms with Gasteiger partial charge in [-0.05, 0) is 18.2 Å². The maximum atomic E-state index is 4.51. The summed E-state index contributed by atoms with van der Waals surface area (Å²) < 4.78 is 0.850. The van der Waals surface area contributed by atoms with Crippen molar-refractivity contribution >= 4 is 40.1 Å². The summed E-state index contributed by atoms with van der Waals surface area (Å²) in [6, 6.07) is 0. The van der Waals surface area contributed by atoms with Crippen LogP contribution in [-0.4, -0.2) is 36.9 Å². The maximum absolute atomic E-state index is 4.51. The molecule has 9 heteroatoms. The highest BCUT2D eigenvalue weighted by atomic mass is 32.2. The minimum Gasteiger partial charge on any atom is -0.354 e. The van der Waals surface area contributed by atoms with Gasteiger partial charge >= 0.3 is 0 Å². The molecule has 0 aliphatic heterocycles. The first-order valence-corrected chi connectivity index (χ1v) is 7.45. The highest BCUT2D eigenvalue weighted by Gasteiger charge is 2.12. The molecule has 0 unspecified atom stereocenters. The van der Waals surface area contributed by atoms with Gasteiger partial charge in [-0.15, -0.1) is 10.2 Å². The minimum absolute atomic E-state index is 0.602. The monoisotopic (exact) mass is 293 g/mol. The maximum Gasteiger partial charge on any atom is 0.225 e. The van der Waals surface area contributed by atoms with E-state index >= 15 is 0 Å². The van der Waals surface area contributed by atoms with E-state index in [0.29, 0.717) is 5.95 Å². The van der Waals surface area contributed by atoms with Crippen LogP contribution in [-0.2, 0) is 0 Å². The highest BCUT2D eigenvalue weighted by Crippen LogP contribution is 2.32. The van der Waals surface area contributed by atoms with Crippen LogP contribution in [0.1, 0.15) is 13.3 Å². The van der Waals surface area contributed by atoms with Crippen LogP contribution in [0.5, 0.6) is 0 Å². The molecule has 3 aromatic heterocycles. The van der Waals surface area contributed by atoms with Gasteiger partial charge in [0.1, 0.15) is 10.5 Å². The molecule has 0 aliphatic carbocycles. The molecule has 3 heterocycles. The van der Waals surface area contributed by atoms with Crippen LogP contribution < -0.4 is 5.32 Å². The number of nitrogens with one attached hydrogen (secondary N) is 2. The summed E-state index contributed by atoms with van der Waals surface area (Å²) in [4.78, 5) is 8.88. The first-order chi connectivity index (χ1) is 9.36. The van der Waals surface area contributed by atoms with E-state index in [0.717, 1.165) is 33.4 Å². The molecule has 7 nitrogen and oxygen atoms in total. The van der Waals surface area contributed by atoms with Crippen molar-refractivity contribution < 1.29 is 0 Å². The Kier molecular flexibility index (Phi) is 3.56. The second-order valence-electron chi connectivity index (χ2n) is 3.72. The van der Waals surface area contributed by atoms with Crippen molar-refractivity contribution in [3.63, 3.8) is 0 Å². The van der Waals surface area contributed by atoms with Crippen molar-refractivity contribution in [2.24, 2.45) is 0 Å². The van der Waals surface area contributed by atoms with Gasteiger partial charge in [0.25, 0.3) is 0 Å². The van der Waals surface area contributed by atoms with Crippen molar-refractivity contribution in [1.29, 1.82) is 0 Å². The van der Waals surface area contributed by atoms with Crippen LogP contribution in [0.25, 0.3) is 11.0 Å². The molecule has 0 bridgehead atoms. The number of fused-ring (bicyclic) bond motifs is 1.